The fourth-order valence-corrected chi connectivity index (χ4v) is 2.07. The molecule has 2 amide bonds. The molecule has 0 bridgehead atoms. The SMILES string of the molecule is C[C@H](Nc1nccc(NC(=O)NCc2cccc(Cl)c2)n1)C(C)(C)O. The van der Waals surface area contributed by atoms with Gasteiger partial charge in [0.25, 0.3) is 0 Å². The van der Waals surface area contributed by atoms with Crippen molar-refractivity contribution in [2.75, 3.05) is 10.6 Å². The Balaban J connectivity index is 1.91. The quantitative estimate of drug-likeness (QED) is 0.632. The first kappa shape index (κ1) is 19.0. The summed E-state index contributed by atoms with van der Waals surface area (Å²) in [6.07, 6.45) is 1.53. The fourth-order valence-electron chi connectivity index (χ4n) is 1.86. The maximum Gasteiger partial charge on any atom is 0.320 e. The van der Waals surface area contributed by atoms with E-state index >= 15 is 0 Å². The van der Waals surface area contributed by atoms with Crippen molar-refractivity contribution in [3.63, 3.8) is 0 Å². The number of anilines is 2. The van der Waals surface area contributed by atoms with Gasteiger partial charge in [-0.3, -0.25) is 5.32 Å². The first-order valence-electron chi connectivity index (χ1n) is 7.85. The normalized spacial score (nSPS) is 12.4. The Kier molecular flexibility index (Phi) is 6.17. The molecule has 2 rings (SSSR count). The van der Waals surface area contributed by atoms with Gasteiger partial charge in [-0.15, -0.1) is 0 Å². The van der Waals surface area contributed by atoms with Crippen molar-refractivity contribution in [1.82, 2.24) is 15.3 Å². The number of benzene rings is 1. The molecule has 0 saturated heterocycles. The summed E-state index contributed by atoms with van der Waals surface area (Å²) in [4.78, 5) is 20.3. The molecule has 134 valence electrons. The number of rotatable bonds is 6. The van der Waals surface area contributed by atoms with Crippen molar-refractivity contribution < 1.29 is 9.90 Å². The molecule has 0 saturated carbocycles. The summed E-state index contributed by atoms with van der Waals surface area (Å²) in [5, 5.41) is 18.9. The van der Waals surface area contributed by atoms with Crippen molar-refractivity contribution in [1.29, 1.82) is 0 Å². The topological polar surface area (TPSA) is 99.2 Å². The summed E-state index contributed by atoms with van der Waals surface area (Å²) in [5.41, 5.74) is -0.0344. The van der Waals surface area contributed by atoms with Crippen LogP contribution in [0.3, 0.4) is 0 Å². The number of halogens is 1. The lowest BCUT2D eigenvalue weighted by atomic mass is 10.0. The summed E-state index contributed by atoms with van der Waals surface area (Å²) in [6, 6.07) is 8.18. The molecule has 0 spiro atoms. The predicted molar refractivity (Wildman–Crippen MR) is 98.7 cm³/mol. The molecular weight excluding hydrogens is 342 g/mol. The monoisotopic (exact) mass is 363 g/mol. The van der Waals surface area contributed by atoms with Gasteiger partial charge >= 0.3 is 6.03 Å². The Morgan fingerprint density at radius 1 is 1.36 bits per heavy atom. The number of carbonyl (C=O) groups is 1. The van der Waals surface area contributed by atoms with Crippen LogP contribution in [0.25, 0.3) is 0 Å². The third kappa shape index (κ3) is 6.21. The van der Waals surface area contributed by atoms with Crippen LogP contribution in [0, 0.1) is 0 Å². The third-order valence-corrected chi connectivity index (χ3v) is 3.88. The average molecular weight is 364 g/mol. The van der Waals surface area contributed by atoms with E-state index in [-0.39, 0.29) is 12.1 Å². The van der Waals surface area contributed by atoms with Crippen LogP contribution < -0.4 is 16.0 Å². The zero-order valence-electron chi connectivity index (χ0n) is 14.4. The van der Waals surface area contributed by atoms with Gasteiger partial charge in [0.15, 0.2) is 0 Å². The van der Waals surface area contributed by atoms with Crippen LogP contribution in [-0.4, -0.2) is 32.7 Å². The van der Waals surface area contributed by atoms with E-state index in [1.165, 1.54) is 6.20 Å². The number of amides is 2. The van der Waals surface area contributed by atoms with Gasteiger partial charge < -0.3 is 15.7 Å². The number of carbonyl (C=O) groups excluding carboxylic acids is 1. The third-order valence-electron chi connectivity index (χ3n) is 3.64. The van der Waals surface area contributed by atoms with Crippen LogP contribution in [0.4, 0.5) is 16.6 Å². The van der Waals surface area contributed by atoms with E-state index in [0.29, 0.717) is 23.3 Å². The average Bonchev–Trinajstić information content (AvgIpc) is 2.52. The summed E-state index contributed by atoms with van der Waals surface area (Å²) in [7, 11) is 0. The number of hydrogen-bond acceptors (Lipinski definition) is 5. The second-order valence-corrected chi connectivity index (χ2v) is 6.66. The lowest BCUT2D eigenvalue weighted by Gasteiger charge is -2.26. The first-order chi connectivity index (χ1) is 11.7. The molecule has 0 aliphatic heterocycles. The Bertz CT molecular complexity index is 733. The Morgan fingerprint density at radius 3 is 2.80 bits per heavy atom. The Labute approximate surface area is 151 Å². The van der Waals surface area contributed by atoms with E-state index in [1.54, 1.807) is 32.0 Å². The molecule has 0 fully saturated rings. The summed E-state index contributed by atoms with van der Waals surface area (Å²) in [6.45, 7) is 5.55. The van der Waals surface area contributed by atoms with Gasteiger partial charge in [0.1, 0.15) is 5.82 Å². The lowest BCUT2D eigenvalue weighted by Crippen LogP contribution is -2.39. The molecule has 2 aromatic rings. The maximum absolute atomic E-state index is 12.0. The number of aliphatic hydroxyl groups is 1. The number of urea groups is 1. The Hall–Kier alpha value is -2.38. The van der Waals surface area contributed by atoms with E-state index in [4.69, 9.17) is 11.6 Å². The molecule has 1 aromatic carbocycles. The molecule has 0 aliphatic rings. The molecule has 8 heteroatoms. The number of aromatic nitrogens is 2. The number of nitrogens with zero attached hydrogens (tertiary/aromatic N) is 2. The van der Waals surface area contributed by atoms with Gasteiger partial charge in [0.2, 0.25) is 5.95 Å². The second kappa shape index (κ2) is 8.13. The summed E-state index contributed by atoms with van der Waals surface area (Å²) in [5.74, 6) is 0.673. The first-order valence-corrected chi connectivity index (χ1v) is 8.23. The molecule has 1 aromatic heterocycles. The maximum atomic E-state index is 12.0. The largest absolute Gasteiger partial charge is 0.388 e. The minimum Gasteiger partial charge on any atom is -0.388 e. The van der Waals surface area contributed by atoms with Crippen molar-refractivity contribution in [3.8, 4) is 0 Å². The lowest BCUT2D eigenvalue weighted by molar-refractivity contribution is 0.0646. The number of nitrogens with one attached hydrogen (secondary N) is 3. The highest BCUT2D eigenvalue weighted by atomic mass is 35.5. The standard InChI is InChI=1S/C17H22ClN5O2/c1-11(17(2,3)25)21-15-19-8-7-14(22-15)23-16(24)20-10-12-5-4-6-13(18)9-12/h4-9,11,25H,10H2,1-3H3,(H3,19,20,21,22,23,24)/t11-/m0/s1. The fraction of sp³-hybridized carbons (Fsp3) is 0.353. The van der Waals surface area contributed by atoms with Crippen LogP contribution in [0.1, 0.15) is 26.3 Å². The summed E-state index contributed by atoms with van der Waals surface area (Å²) < 4.78 is 0. The highest BCUT2D eigenvalue weighted by Crippen LogP contribution is 2.14. The highest BCUT2D eigenvalue weighted by molar-refractivity contribution is 6.30. The molecular formula is C17H22ClN5O2. The van der Waals surface area contributed by atoms with Crippen LogP contribution in [0.15, 0.2) is 36.5 Å². The molecule has 0 unspecified atom stereocenters. The zero-order valence-corrected chi connectivity index (χ0v) is 15.1. The van der Waals surface area contributed by atoms with Crippen LogP contribution in [-0.2, 0) is 6.54 Å². The smallest absolute Gasteiger partial charge is 0.320 e. The van der Waals surface area contributed by atoms with Gasteiger partial charge in [-0.1, -0.05) is 23.7 Å². The van der Waals surface area contributed by atoms with E-state index in [2.05, 4.69) is 25.9 Å². The van der Waals surface area contributed by atoms with E-state index < -0.39 is 5.60 Å². The molecule has 1 atom stereocenters. The van der Waals surface area contributed by atoms with Gasteiger partial charge in [0.05, 0.1) is 11.6 Å². The van der Waals surface area contributed by atoms with E-state index in [1.807, 2.05) is 19.1 Å². The van der Waals surface area contributed by atoms with Crippen molar-refractivity contribution in [3.05, 3.63) is 47.1 Å². The van der Waals surface area contributed by atoms with Crippen LogP contribution >= 0.6 is 11.6 Å². The summed E-state index contributed by atoms with van der Waals surface area (Å²) >= 11 is 5.91. The second-order valence-electron chi connectivity index (χ2n) is 6.22. The minimum atomic E-state index is -0.929. The zero-order chi connectivity index (χ0) is 18.4. The number of hydrogen-bond donors (Lipinski definition) is 4. The molecule has 0 radical (unpaired) electrons. The van der Waals surface area contributed by atoms with E-state index in [0.717, 1.165) is 5.56 Å². The van der Waals surface area contributed by atoms with Gasteiger partial charge in [-0.05, 0) is 44.5 Å². The molecule has 0 aliphatic carbocycles. The molecule has 1 heterocycles. The van der Waals surface area contributed by atoms with E-state index in [9.17, 15) is 9.90 Å². The Morgan fingerprint density at radius 2 is 2.12 bits per heavy atom. The molecule has 25 heavy (non-hydrogen) atoms. The van der Waals surface area contributed by atoms with Gasteiger partial charge in [-0.2, -0.15) is 4.98 Å². The van der Waals surface area contributed by atoms with Crippen LogP contribution in [0.2, 0.25) is 5.02 Å². The molecule has 7 nitrogen and oxygen atoms in total. The highest BCUT2D eigenvalue weighted by Gasteiger charge is 2.22. The van der Waals surface area contributed by atoms with Crippen molar-refractivity contribution in [2.24, 2.45) is 0 Å². The van der Waals surface area contributed by atoms with Gasteiger partial charge in [0, 0.05) is 17.8 Å². The van der Waals surface area contributed by atoms with Crippen LogP contribution in [0.5, 0.6) is 0 Å². The molecule has 4 N–H and O–H groups in total. The predicted octanol–water partition coefficient (Wildman–Crippen LogP) is 3.02. The minimum absolute atomic E-state index is 0.264. The van der Waals surface area contributed by atoms with Crippen molar-refractivity contribution >= 4 is 29.4 Å². The van der Waals surface area contributed by atoms with Gasteiger partial charge in [-0.25, -0.2) is 9.78 Å². The van der Waals surface area contributed by atoms with Crippen molar-refractivity contribution in [2.45, 2.75) is 39.0 Å².